The van der Waals surface area contributed by atoms with E-state index in [1.54, 1.807) is 12.1 Å². The van der Waals surface area contributed by atoms with E-state index in [0.717, 1.165) is 16.7 Å². The molecule has 2 aliphatic heterocycles. The maximum Gasteiger partial charge on any atom is 0.200 e. The summed E-state index contributed by atoms with van der Waals surface area (Å²) in [5.41, 5.74) is 2.34. The SMILES string of the molecule is CCOc1ccc(Cc2cc([C@]34C[C@@H](O)C[C@](OC(C)C)(CO3)O4)ccc2Cl)cc1F. The highest BCUT2D eigenvalue weighted by Crippen LogP contribution is 2.50. The molecule has 7 heteroatoms. The molecule has 0 amide bonds. The topological polar surface area (TPSA) is 57.2 Å². The first-order valence-corrected chi connectivity index (χ1v) is 11.0. The van der Waals surface area contributed by atoms with Crippen LogP contribution in [0.2, 0.25) is 5.02 Å². The molecule has 2 heterocycles. The van der Waals surface area contributed by atoms with Gasteiger partial charge in [0.05, 0.1) is 18.8 Å². The molecule has 31 heavy (non-hydrogen) atoms. The van der Waals surface area contributed by atoms with Gasteiger partial charge in [-0.25, -0.2) is 4.39 Å². The Kier molecular flexibility index (Phi) is 6.30. The van der Waals surface area contributed by atoms with Crippen molar-refractivity contribution in [2.45, 2.75) is 63.8 Å². The molecule has 2 aromatic rings. The fourth-order valence-electron chi connectivity index (χ4n) is 4.42. The van der Waals surface area contributed by atoms with Gasteiger partial charge >= 0.3 is 0 Å². The largest absolute Gasteiger partial charge is 0.491 e. The maximum atomic E-state index is 14.3. The Labute approximate surface area is 187 Å². The molecule has 0 aliphatic carbocycles. The summed E-state index contributed by atoms with van der Waals surface area (Å²) < 4.78 is 38.0. The Morgan fingerprint density at radius 1 is 1.23 bits per heavy atom. The summed E-state index contributed by atoms with van der Waals surface area (Å²) in [4.78, 5) is 0. The zero-order chi connectivity index (χ0) is 22.2. The van der Waals surface area contributed by atoms with Crippen molar-refractivity contribution in [1.82, 2.24) is 0 Å². The minimum atomic E-state index is -1.10. The van der Waals surface area contributed by atoms with Crippen molar-refractivity contribution in [2.24, 2.45) is 0 Å². The van der Waals surface area contributed by atoms with Gasteiger partial charge in [0, 0.05) is 23.4 Å². The number of aliphatic hydroxyl groups excluding tert-OH is 1. The molecule has 0 aromatic heterocycles. The minimum Gasteiger partial charge on any atom is -0.491 e. The highest BCUT2D eigenvalue weighted by molar-refractivity contribution is 6.31. The van der Waals surface area contributed by atoms with Gasteiger partial charge in [0.25, 0.3) is 0 Å². The second-order valence-electron chi connectivity index (χ2n) is 8.46. The van der Waals surface area contributed by atoms with E-state index in [-0.39, 0.29) is 18.5 Å². The third kappa shape index (κ3) is 4.59. The highest BCUT2D eigenvalue weighted by atomic mass is 35.5. The number of halogens is 2. The lowest BCUT2D eigenvalue weighted by Gasteiger charge is -2.40. The molecule has 0 radical (unpaired) electrons. The van der Waals surface area contributed by atoms with Gasteiger partial charge in [0.1, 0.15) is 6.61 Å². The van der Waals surface area contributed by atoms with Crippen LogP contribution in [0.3, 0.4) is 0 Å². The summed E-state index contributed by atoms with van der Waals surface area (Å²) in [6, 6.07) is 10.4. The van der Waals surface area contributed by atoms with Crippen molar-refractivity contribution in [3.05, 3.63) is 63.9 Å². The van der Waals surface area contributed by atoms with E-state index in [1.807, 2.05) is 39.0 Å². The summed E-state index contributed by atoms with van der Waals surface area (Å²) in [5, 5.41) is 11.1. The van der Waals surface area contributed by atoms with E-state index in [2.05, 4.69) is 0 Å². The van der Waals surface area contributed by atoms with E-state index in [4.69, 9.17) is 30.5 Å². The predicted molar refractivity (Wildman–Crippen MR) is 115 cm³/mol. The van der Waals surface area contributed by atoms with Crippen molar-refractivity contribution in [3.8, 4) is 5.75 Å². The first kappa shape index (κ1) is 22.5. The number of benzene rings is 2. The molecule has 1 N–H and O–H groups in total. The molecule has 168 valence electrons. The van der Waals surface area contributed by atoms with E-state index in [9.17, 15) is 9.50 Å². The number of ether oxygens (including phenoxy) is 4. The van der Waals surface area contributed by atoms with Gasteiger partial charge in [0.2, 0.25) is 5.79 Å². The van der Waals surface area contributed by atoms with Crippen molar-refractivity contribution in [3.63, 3.8) is 0 Å². The summed E-state index contributed by atoms with van der Waals surface area (Å²) in [5.74, 6) is -2.24. The van der Waals surface area contributed by atoms with E-state index < -0.39 is 23.5 Å². The number of hydrogen-bond donors (Lipinski definition) is 1. The lowest BCUT2D eigenvalue weighted by Crippen LogP contribution is -2.48. The maximum absolute atomic E-state index is 14.3. The van der Waals surface area contributed by atoms with Crippen LogP contribution in [0.4, 0.5) is 4.39 Å². The van der Waals surface area contributed by atoms with Crippen LogP contribution in [0.5, 0.6) is 5.75 Å². The molecule has 2 fully saturated rings. The molecule has 3 atom stereocenters. The normalized spacial score (nSPS) is 27.6. The number of fused-ring (bicyclic) bond motifs is 2. The van der Waals surface area contributed by atoms with Gasteiger partial charge in [0.15, 0.2) is 17.4 Å². The van der Waals surface area contributed by atoms with Crippen LogP contribution in [0, 0.1) is 5.82 Å². The molecular formula is C24H28ClFO5. The zero-order valence-electron chi connectivity index (χ0n) is 18.0. The first-order chi connectivity index (χ1) is 14.7. The Hall–Kier alpha value is -1.70. The van der Waals surface area contributed by atoms with E-state index in [1.165, 1.54) is 6.07 Å². The monoisotopic (exact) mass is 450 g/mol. The van der Waals surface area contributed by atoms with Crippen LogP contribution in [-0.4, -0.2) is 36.3 Å². The smallest absolute Gasteiger partial charge is 0.200 e. The molecule has 2 bridgehead atoms. The summed E-state index contributed by atoms with van der Waals surface area (Å²) in [6.45, 7) is 6.31. The van der Waals surface area contributed by atoms with Crippen molar-refractivity contribution < 1.29 is 28.4 Å². The second-order valence-corrected chi connectivity index (χ2v) is 8.87. The zero-order valence-corrected chi connectivity index (χ0v) is 18.7. The lowest BCUT2D eigenvalue weighted by molar-refractivity contribution is -0.320. The number of aliphatic hydroxyl groups is 1. The van der Waals surface area contributed by atoms with Crippen LogP contribution in [-0.2, 0) is 26.4 Å². The minimum absolute atomic E-state index is 0.0694. The van der Waals surface area contributed by atoms with Gasteiger partial charge in [-0.1, -0.05) is 23.7 Å². The Balaban J connectivity index is 1.61. The Morgan fingerprint density at radius 3 is 2.74 bits per heavy atom. The number of hydrogen-bond acceptors (Lipinski definition) is 5. The first-order valence-electron chi connectivity index (χ1n) is 10.6. The molecular weight excluding hydrogens is 423 g/mol. The van der Waals surface area contributed by atoms with Crippen LogP contribution in [0.1, 0.15) is 50.3 Å². The van der Waals surface area contributed by atoms with Gasteiger partial charge < -0.3 is 24.1 Å². The van der Waals surface area contributed by atoms with Crippen molar-refractivity contribution >= 4 is 11.6 Å². The molecule has 5 nitrogen and oxygen atoms in total. The summed E-state index contributed by atoms with van der Waals surface area (Å²) in [7, 11) is 0. The summed E-state index contributed by atoms with van der Waals surface area (Å²) >= 11 is 6.46. The van der Waals surface area contributed by atoms with Crippen LogP contribution >= 0.6 is 11.6 Å². The predicted octanol–water partition coefficient (Wildman–Crippen LogP) is 4.94. The van der Waals surface area contributed by atoms with Gasteiger partial charge in [-0.15, -0.1) is 0 Å². The molecule has 0 spiro atoms. The Bertz CT molecular complexity index is 948. The van der Waals surface area contributed by atoms with E-state index in [0.29, 0.717) is 30.9 Å². The molecule has 4 rings (SSSR count). The van der Waals surface area contributed by atoms with Crippen molar-refractivity contribution in [2.75, 3.05) is 13.2 Å². The quantitative estimate of drug-likeness (QED) is 0.647. The standard InChI is InChI=1S/C24H28ClFO5/c1-4-28-22-8-5-16(10-21(22)26)9-17-11-18(6-7-20(17)25)24-13-19(27)12-23(31-24,14-29-24)30-15(2)3/h5-8,10-11,15,19,27H,4,9,12-14H2,1-3H3/t19-,23+,24+/m0/s1. The molecule has 0 saturated carbocycles. The molecule has 2 aromatic carbocycles. The average molecular weight is 451 g/mol. The molecule has 2 saturated heterocycles. The van der Waals surface area contributed by atoms with Crippen LogP contribution in [0.15, 0.2) is 36.4 Å². The third-order valence-electron chi connectivity index (χ3n) is 5.55. The van der Waals surface area contributed by atoms with Gasteiger partial charge in [-0.3, -0.25) is 0 Å². The lowest BCUT2D eigenvalue weighted by atomic mass is 9.91. The molecule has 0 unspecified atom stereocenters. The Morgan fingerprint density at radius 2 is 2.03 bits per heavy atom. The van der Waals surface area contributed by atoms with Gasteiger partial charge in [-0.2, -0.15) is 0 Å². The molecule has 2 aliphatic rings. The number of rotatable bonds is 7. The third-order valence-corrected chi connectivity index (χ3v) is 5.92. The van der Waals surface area contributed by atoms with Gasteiger partial charge in [-0.05, 0) is 62.6 Å². The summed E-state index contributed by atoms with van der Waals surface area (Å²) in [6.07, 6.45) is 0.408. The van der Waals surface area contributed by atoms with Crippen molar-refractivity contribution in [1.29, 1.82) is 0 Å². The highest BCUT2D eigenvalue weighted by Gasteiger charge is 2.58. The second kappa shape index (κ2) is 8.68. The van der Waals surface area contributed by atoms with Crippen LogP contribution in [0.25, 0.3) is 0 Å². The fraction of sp³-hybridized carbons (Fsp3) is 0.500. The fourth-order valence-corrected chi connectivity index (χ4v) is 4.60. The average Bonchev–Trinajstić information content (AvgIpc) is 2.96. The van der Waals surface area contributed by atoms with E-state index >= 15 is 0 Å². The van der Waals surface area contributed by atoms with Crippen LogP contribution < -0.4 is 4.74 Å².